The summed E-state index contributed by atoms with van der Waals surface area (Å²) >= 11 is 0. The summed E-state index contributed by atoms with van der Waals surface area (Å²) in [7, 11) is 0. The van der Waals surface area contributed by atoms with E-state index in [2.05, 4.69) is 21.7 Å². The van der Waals surface area contributed by atoms with Crippen molar-refractivity contribution in [1.29, 1.82) is 0 Å². The molecule has 0 radical (unpaired) electrons. The highest BCUT2D eigenvalue weighted by Crippen LogP contribution is 2.39. The molecule has 1 fully saturated rings. The van der Waals surface area contributed by atoms with Crippen LogP contribution in [0.4, 0.5) is 5.69 Å². The second-order valence-corrected chi connectivity index (χ2v) is 8.94. The van der Waals surface area contributed by atoms with Crippen molar-refractivity contribution in [3.63, 3.8) is 0 Å². The van der Waals surface area contributed by atoms with Crippen molar-refractivity contribution in [2.75, 3.05) is 5.32 Å². The average Bonchev–Trinajstić information content (AvgIpc) is 3.53. The maximum Gasteiger partial charge on any atom is 0.335 e. The third-order valence-corrected chi connectivity index (χ3v) is 6.26. The maximum atomic E-state index is 13.2. The van der Waals surface area contributed by atoms with Gasteiger partial charge in [0.1, 0.15) is 0 Å². The number of hydrogen-bond donors (Lipinski definition) is 2. The van der Waals surface area contributed by atoms with Crippen molar-refractivity contribution in [3.05, 3.63) is 90.0 Å². The van der Waals surface area contributed by atoms with Crippen LogP contribution < -0.4 is 5.32 Å². The van der Waals surface area contributed by atoms with E-state index in [0.717, 1.165) is 47.3 Å². The smallest absolute Gasteiger partial charge is 0.335 e. The summed E-state index contributed by atoms with van der Waals surface area (Å²) in [6, 6.07) is 16.2. The highest BCUT2D eigenvalue weighted by Gasteiger charge is 2.31. The molecule has 8 heteroatoms. The number of rotatable bonds is 8. The quantitative estimate of drug-likeness (QED) is 0.383. The number of amides is 1. The number of carbonyl (C=O) groups excluding carboxylic acids is 1. The van der Waals surface area contributed by atoms with E-state index in [0.29, 0.717) is 11.6 Å². The van der Waals surface area contributed by atoms with Crippen molar-refractivity contribution in [2.24, 2.45) is 5.92 Å². The van der Waals surface area contributed by atoms with Crippen molar-refractivity contribution in [2.45, 2.75) is 32.1 Å². The molecular formula is C27H25N5O3. The van der Waals surface area contributed by atoms with Gasteiger partial charge in [0.05, 0.1) is 35.3 Å². The molecule has 1 saturated carbocycles. The van der Waals surface area contributed by atoms with Crippen LogP contribution in [0, 0.1) is 12.8 Å². The second kappa shape index (κ2) is 9.50. The summed E-state index contributed by atoms with van der Waals surface area (Å²) in [5.41, 5.74) is 5.39. The number of aromatic nitrogens is 4. The van der Waals surface area contributed by atoms with Crippen molar-refractivity contribution >= 4 is 17.6 Å². The average molecular weight is 468 g/mol. The van der Waals surface area contributed by atoms with E-state index in [1.165, 1.54) is 12.1 Å². The second-order valence-electron chi connectivity index (χ2n) is 8.94. The predicted molar refractivity (Wildman–Crippen MR) is 131 cm³/mol. The molecule has 1 atom stereocenters. The SMILES string of the molecule is Cc1ccc(-n2ccnn2)c(-c2ccc(C(CC3CC3)C(=O)Nc3ccc(C(=O)O)cc3)nc2)c1. The number of nitrogens with zero attached hydrogens (tertiary/aromatic N) is 4. The fraction of sp³-hybridized carbons (Fsp3) is 0.222. The molecule has 1 amide bonds. The molecule has 0 bridgehead atoms. The van der Waals surface area contributed by atoms with Crippen LogP contribution in [0.1, 0.15) is 46.8 Å². The van der Waals surface area contributed by atoms with Gasteiger partial charge in [-0.3, -0.25) is 9.78 Å². The first-order valence-electron chi connectivity index (χ1n) is 11.6. The van der Waals surface area contributed by atoms with E-state index in [1.807, 2.05) is 31.2 Å². The molecule has 2 aromatic heterocycles. The lowest BCUT2D eigenvalue weighted by Crippen LogP contribution is -2.22. The number of anilines is 1. The van der Waals surface area contributed by atoms with Crippen molar-refractivity contribution < 1.29 is 14.7 Å². The molecule has 176 valence electrons. The summed E-state index contributed by atoms with van der Waals surface area (Å²) < 4.78 is 1.72. The number of carboxylic acids is 1. The Hall–Kier alpha value is -4.33. The Labute approximate surface area is 202 Å². The number of carbonyl (C=O) groups is 2. The van der Waals surface area contributed by atoms with E-state index < -0.39 is 5.97 Å². The number of hydrogen-bond acceptors (Lipinski definition) is 5. The van der Waals surface area contributed by atoms with Gasteiger partial charge in [0.2, 0.25) is 5.91 Å². The molecule has 0 spiro atoms. The summed E-state index contributed by atoms with van der Waals surface area (Å²) in [5, 5.41) is 20.1. The minimum Gasteiger partial charge on any atom is -0.478 e. The van der Waals surface area contributed by atoms with Crippen LogP contribution in [0.5, 0.6) is 0 Å². The van der Waals surface area contributed by atoms with Crippen molar-refractivity contribution in [3.8, 4) is 16.8 Å². The fourth-order valence-corrected chi connectivity index (χ4v) is 4.16. The van der Waals surface area contributed by atoms with Gasteiger partial charge in [-0.2, -0.15) is 0 Å². The first-order chi connectivity index (χ1) is 17.0. The standard InChI is InChI=1S/C27H25N5O3/c1-17-2-11-25(32-13-12-29-31-32)22(14-17)20-7-10-24(28-16-20)23(15-18-3-4-18)26(33)30-21-8-5-19(6-9-21)27(34)35/h2,5-14,16,18,23H,3-4,15H2,1H3,(H,30,33)(H,34,35). The van der Waals surface area contributed by atoms with E-state index in [-0.39, 0.29) is 17.4 Å². The molecule has 4 aromatic rings. The van der Waals surface area contributed by atoms with Crippen LogP contribution in [-0.2, 0) is 4.79 Å². The molecule has 35 heavy (non-hydrogen) atoms. The molecular weight excluding hydrogens is 442 g/mol. The Kier molecular flexibility index (Phi) is 6.10. The van der Waals surface area contributed by atoms with Crippen LogP contribution in [-0.4, -0.2) is 37.0 Å². The molecule has 0 saturated heterocycles. The van der Waals surface area contributed by atoms with Gasteiger partial charge < -0.3 is 10.4 Å². The molecule has 0 aliphatic heterocycles. The summed E-state index contributed by atoms with van der Waals surface area (Å²) in [6.07, 6.45) is 8.23. The van der Waals surface area contributed by atoms with Crippen LogP contribution in [0.3, 0.4) is 0 Å². The largest absolute Gasteiger partial charge is 0.478 e. The summed E-state index contributed by atoms with van der Waals surface area (Å²) in [4.78, 5) is 29.0. The molecule has 2 N–H and O–H groups in total. The molecule has 1 aliphatic carbocycles. The molecule has 2 aromatic carbocycles. The lowest BCUT2D eigenvalue weighted by molar-refractivity contribution is -0.117. The number of carboxylic acid groups (broad SMARTS) is 1. The molecule has 1 unspecified atom stereocenters. The first kappa shape index (κ1) is 22.5. The number of nitrogens with one attached hydrogen (secondary N) is 1. The normalized spacial score (nSPS) is 13.9. The van der Waals surface area contributed by atoms with Gasteiger partial charge in [-0.15, -0.1) is 5.10 Å². The van der Waals surface area contributed by atoms with E-state index >= 15 is 0 Å². The van der Waals surface area contributed by atoms with Gasteiger partial charge in [-0.25, -0.2) is 9.48 Å². The molecule has 8 nitrogen and oxygen atoms in total. The third kappa shape index (κ3) is 5.11. The topological polar surface area (TPSA) is 110 Å². The van der Waals surface area contributed by atoms with Crippen LogP contribution in [0.25, 0.3) is 16.8 Å². The zero-order valence-corrected chi connectivity index (χ0v) is 19.3. The number of benzene rings is 2. The van der Waals surface area contributed by atoms with E-state index in [4.69, 9.17) is 10.1 Å². The Morgan fingerprint density at radius 1 is 1.11 bits per heavy atom. The monoisotopic (exact) mass is 467 g/mol. The lowest BCUT2D eigenvalue weighted by Gasteiger charge is -2.17. The zero-order chi connectivity index (χ0) is 24.4. The minimum atomic E-state index is -1.00. The number of pyridine rings is 1. The predicted octanol–water partition coefficient (Wildman–Crippen LogP) is 4.86. The minimum absolute atomic E-state index is 0.140. The lowest BCUT2D eigenvalue weighted by atomic mass is 9.95. The van der Waals surface area contributed by atoms with Gasteiger partial charge in [0, 0.05) is 23.0 Å². The highest BCUT2D eigenvalue weighted by atomic mass is 16.4. The van der Waals surface area contributed by atoms with Crippen molar-refractivity contribution in [1.82, 2.24) is 20.0 Å². The fourth-order valence-electron chi connectivity index (χ4n) is 4.16. The zero-order valence-electron chi connectivity index (χ0n) is 19.3. The van der Waals surface area contributed by atoms with Gasteiger partial charge in [-0.05, 0) is 61.7 Å². The Morgan fingerprint density at radius 2 is 1.91 bits per heavy atom. The van der Waals surface area contributed by atoms with Crippen LogP contribution in [0.2, 0.25) is 0 Å². The number of aryl methyl sites for hydroxylation is 1. The Morgan fingerprint density at radius 3 is 2.54 bits per heavy atom. The van der Waals surface area contributed by atoms with Crippen LogP contribution in [0.15, 0.2) is 73.2 Å². The Balaban J connectivity index is 1.40. The Bertz CT molecular complexity index is 1340. The molecule has 1 aliphatic rings. The first-order valence-corrected chi connectivity index (χ1v) is 11.6. The molecule has 5 rings (SSSR count). The number of aromatic carboxylic acids is 1. The third-order valence-electron chi connectivity index (χ3n) is 6.26. The van der Waals surface area contributed by atoms with Crippen LogP contribution >= 0.6 is 0 Å². The van der Waals surface area contributed by atoms with Gasteiger partial charge in [0.15, 0.2) is 0 Å². The van der Waals surface area contributed by atoms with Gasteiger partial charge in [-0.1, -0.05) is 35.8 Å². The van der Waals surface area contributed by atoms with Gasteiger partial charge in [0.25, 0.3) is 0 Å². The van der Waals surface area contributed by atoms with E-state index in [9.17, 15) is 9.59 Å². The summed E-state index contributed by atoms with van der Waals surface area (Å²) in [5.74, 6) is -1.00. The highest BCUT2D eigenvalue weighted by molar-refractivity contribution is 5.96. The summed E-state index contributed by atoms with van der Waals surface area (Å²) in [6.45, 7) is 2.04. The van der Waals surface area contributed by atoms with Gasteiger partial charge >= 0.3 is 5.97 Å². The van der Waals surface area contributed by atoms with E-state index in [1.54, 1.807) is 35.4 Å². The maximum absolute atomic E-state index is 13.2. The molecule has 2 heterocycles.